The highest BCUT2D eigenvalue weighted by Gasteiger charge is 2.54. The molecule has 5 nitrogen and oxygen atoms in total. The number of ether oxygens (including phenoxy) is 1. The van der Waals surface area contributed by atoms with Gasteiger partial charge in [-0.15, -0.1) is 0 Å². The van der Waals surface area contributed by atoms with Crippen molar-refractivity contribution in [2.75, 3.05) is 0 Å². The molecule has 0 aliphatic carbocycles. The third-order valence-corrected chi connectivity index (χ3v) is 4.96. The lowest BCUT2D eigenvalue weighted by Gasteiger charge is -2.50. The highest BCUT2D eigenvalue weighted by Crippen LogP contribution is 2.44. The van der Waals surface area contributed by atoms with Crippen LogP contribution in [0.2, 0.25) is 0 Å². The van der Waals surface area contributed by atoms with E-state index < -0.39 is 11.6 Å². The topological polar surface area (TPSA) is 62.4 Å². The zero-order valence-corrected chi connectivity index (χ0v) is 14.6. The maximum Gasteiger partial charge on any atom is 0.231 e. The summed E-state index contributed by atoms with van der Waals surface area (Å²) in [5, 5.41) is 9.89. The average molecular weight is 353 g/mol. The molecule has 3 N–H and O–H groups in total. The SMILES string of the molecule is C[C@]12NC(=S)N[C@H](c3ccccc3O1)[C@@H]2C(=O)NCc1ccccc1. The fourth-order valence-electron chi connectivity index (χ4n) is 3.58. The van der Waals surface area contributed by atoms with Crippen molar-refractivity contribution < 1.29 is 9.53 Å². The number of carbonyl (C=O) groups is 1. The molecule has 2 aromatic carbocycles. The van der Waals surface area contributed by atoms with E-state index in [9.17, 15) is 4.79 Å². The molecule has 0 unspecified atom stereocenters. The smallest absolute Gasteiger partial charge is 0.231 e. The zero-order valence-electron chi connectivity index (χ0n) is 13.8. The van der Waals surface area contributed by atoms with Gasteiger partial charge in [0.25, 0.3) is 0 Å². The molecule has 0 aromatic heterocycles. The Kier molecular flexibility index (Phi) is 3.84. The van der Waals surface area contributed by atoms with Crippen LogP contribution in [0.5, 0.6) is 5.75 Å². The molecule has 0 spiro atoms. The Morgan fingerprint density at radius 2 is 1.92 bits per heavy atom. The fourth-order valence-corrected chi connectivity index (χ4v) is 3.91. The molecule has 2 aliphatic rings. The summed E-state index contributed by atoms with van der Waals surface area (Å²) in [4.78, 5) is 13.0. The molecule has 3 atom stereocenters. The van der Waals surface area contributed by atoms with E-state index in [2.05, 4.69) is 16.0 Å². The van der Waals surface area contributed by atoms with Gasteiger partial charge in [0.15, 0.2) is 10.8 Å². The van der Waals surface area contributed by atoms with Gasteiger partial charge in [-0.1, -0.05) is 48.5 Å². The minimum atomic E-state index is -0.887. The fraction of sp³-hybridized carbons (Fsp3) is 0.263. The minimum Gasteiger partial charge on any atom is -0.467 e. The van der Waals surface area contributed by atoms with Crippen LogP contribution in [-0.2, 0) is 11.3 Å². The second-order valence-electron chi connectivity index (χ2n) is 6.50. The van der Waals surface area contributed by atoms with Crippen LogP contribution in [0.25, 0.3) is 0 Å². The number of hydrogen-bond acceptors (Lipinski definition) is 3. The number of carbonyl (C=O) groups excluding carboxylic acids is 1. The molecule has 25 heavy (non-hydrogen) atoms. The second kappa shape index (κ2) is 6.04. The van der Waals surface area contributed by atoms with Crippen LogP contribution in [0.4, 0.5) is 0 Å². The summed E-state index contributed by atoms with van der Waals surface area (Å²) in [7, 11) is 0. The van der Waals surface area contributed by atoms with Gasteiger partial charge in [0.2, 0.25) is 5.91 Å². The average Bonchev–Trinajstić information content (AvgIpc) is 2.59. The van der Waals surface area contributed by atoms with Crippen molar-refractivity contribution in [3.05, 3.63) is 65.7 Å². The van der Waals surface area contributed by atoms with Crippen molar-refractivity contribution in [2.45, 2.75) is 25.2 Å². The Labute approximate surface area is 151 Å². The Morgan fingerprint density at radius 3 is 2.72 bits per heavy atom. The van der Waals surface area contributed by atoms with E-state index in [1.165, 1.54) is 0 Å². The molecule has 1 fully saturated rings. The minimum absolute atomic E-state index is 0.0756. The van der Waals surface area contributed by atoms with E-state index in [0.29, 0.717) is 11.7 Å². The number of rotatable bonds is 3. The second-order valence-corrected chi connectivity index (χ2v) is 6.91. The standard InChI is InChI=1S/C19H19N3O2S/c1-19-15(17(23)20-11-12-7-3-2-4-8-12)16(21-18(25)22-19)13-9-5-6-10-14(13)24-19/h2-10,15-16H,11H2,1H3,(H,20,23)(H2,21,22,25)/t15-,16-,19+/m1/s1. The lowest BCUT2D eigenvalue weighted by Crippen LogP contribution is -2.70. The lowest BCUT2D eigenvalue weighted by molar-refractivity contribution is -0.138. The molecule has 2 heterocycles. The lowest BCUT2D eigenvalue weighted by atomic mass is 9.80. The molecular weight excluding hydrogens is 334 g/mol. The van der Waals surface area contributed by atoms with Gasteiger partial charge in [-0.3, -0.25) is 4.79 Å². The maximum absolute atomic E-state index is 13.0. The van der Waals surface area contributed by atoms with Crippen LogP contribution in [0, 0.1) is 5.92 Å². The molecule has 2 aliphatic heterocycles. The Bertz CT molecular complexity index is 826. The van der Waals surface area contributed by atoms with E-state index >= 15 is 0 Å². The van der Waals surface area contributed by atoms with Crippen LogP contribution in [0.1, 0.15) is 24.1 Å². The van der Waals surface area contributed by atoms with Crippen LogP contribution in [-0.4, -0.2) is 16.7 Å². The number of thiocarbonyl (C=S) groups is 1. The van der Waals surface area contributed by atoms with E-state index in [-0.39, 0.29) is 11.9 Å². The van der Waals surface area contributed by atoms with Gasteiger partial charge >= 0.3 is 0 Å². The van der Waals surface area contributed by atoms with Crippen molar-refractivity contribution >= 4 is 23.2 Å². The van der Waals surface area contributed by atoms with E-state index in [4.69, 9.17) is 17.0 Å². The summed E-state index contributed by atoms with van der Waals surface area (Å²) in [6.45, 7) is 2.35. The molecule has 6 heteroatoms. The Hall–Kier alpha value is -2.60. The van der Waals surface area contributed by atoms with Gasteiger partial charge in [0, 0.05) is 12.1 Å². The molecule has 128 valence electrons. The van der Waals surface area contributed by atoms with Crippen molar-refractivity contribution in [1.82, 2.24) is 16.0 Å². The molecule has 0 radical (unpaired) electrons. The normalized spacial score (nSPS) is 26.5. The van der Waals surface area contributed by atoms with Crippen LogP contribution >= 0.6 is 12.2 Å². The van der Waals surface area contributed by atoms with E-state index in [1.807, 2.05) is 61.5 Å². The summed E-state index contributed by atoms with van der Waals surface area (Å²) in [6.07, 6.45) is 0. The first-order chi connectivity index (χ1) is 12.1. The van der Waals surface area contributed by atoms with Gasteiger partial charge in [-0.2, -0.15) is 0 Å². The predicted molar refractivity (Wildman–Crippen MR) is 98.9 cm³/mol. The first kappa shape index (κ1) is 15.9. The van der Waals surface area contributed by atoms with Crippen molar-refractivity contribution in [3.63, 3.8) is 0 Å². The van der Waals surface area contributed by atoms with Crippen LogP contribution in [0.15, 0.2) is 54.6 Å². The number of nitrogens with one attached hydrogen (secondary N) is 3. The summed E-state index contributed by atoms with van der Waals surface area (Å²) in [6, 6.07) is 17.4. The first-order valence-corrected chi connectivity index (χ1v) is 8.66. The quantitative estimate of drug-likeness (QED) is 0.739. The van der Waals surface area contributed by atoms with Crippen molar-refractivity contribution in [3.8, 4) is 5.75 Å². The van der Waals surface area contributed by atoms with Gasteiger partial charge in [-0.05, 0) is 30.8 Å². The van der Waals surface area contributed by atoms with Crippen molar-refractivity contribution in [1.29, 1.82) is 0 Å². The van der Waals surface area contributed by atoms with Gasteiger partial charge < -0.3 is 20.7 Å². The van der Waals surface area contributed by atoms with Gasteiger partial charge in [0.1, 0.15) is 11.7 Å². The molecule has 2 bridgehead atoms. The largest absolute Gasteiger partial charge is 0.467 e. The monoisotopic (exact) mass is 353 g/mol. The number of hydrogen-bond donors (Lipinski definition) is 3. The van der Waals surface area contributed by atoms with Crippen LogP contribution in [0.3, 0.4) is 0 Å². The first-order valence-electron chi connectivity index (χ1n) is 8.25. The molecule has 1 amide bonds. The molecule has 1 saturated heterocycles. The van der Waals surface area contributed by atoms with Gasteiger partial charge in [0.05, 0.1) is 6.04 Å². The van der Waals surface area contributed by atoms with Crippen molar-refractivity contribution in [2.24, 2.45) is 5.92 Å². The maximum atomic E-state index is 13.0. The number of fused-ring (bicyclic) bond motifs is 4. The van der Waals surface area contributed by atoms with Gasteiger partial charge in [-0.25, -0.2) is 0 Å². The van der Waals surface area contributed by atoms with Crippen LogP contribution < -0.4 is 20.7 Å². The molecule has 4 rings (SSSR count). The molecule has 2 aromatic rings. The summed E-state index contributed by atoms with van der Waals surface area (Å²) in [5.41, 5.74) is 1.12. The highest BCUT2D eigenvalue weighted by molar-refractivity contribution is 7.80. The third kappa shape index (κ3) is 2.82. The molecular formula is C19H19N3O2S. The number of para-hydroxylation sites is 1. The Balaban J connectivity index is 1.62. The summed E-state index contributed by atoms with van der Waals surface area (Å²) in [5.74, 6) is 0.246. The number of benzene rings is 2. The van der Waals surface area contributed by atoms with E-state index in [1.54, 1.807) is 0 Å². The predicted octanol–water partition coefficient (Wildman–Crippen LogP) is 2.25. The highest BCUT2D eigenvalue weighted by atomic mass is 32.1. The van der Waals surface area contributed by atoms with E-state index in [0.717, 1.165) is 16.9 Å². The number of amides is 1. The Morgan fingerprint density at radius 1 is 1.20 bits per heavy atom. The summed E-state index contributed by atoms with van der Waals surface area (Å²) < 4.78 is 6.15. The molecule has 0 saturated carbocycles. The third-order valence-electron chi connectivity index (χ3n) is 4.74. The summed E-state index contributed by atoms with van der Waals surface area (Å²) >= 11 is 5.31. The zero-order chi connectivity index (χ0) is 17.4.